The van der Waals surface area contributed by atoms with Crippen LogP contribution in [0.4, 0.5) is 0 Å². The minimum Gasteiger partial charge on any atom is -0.493 e. The van der Waals surface area contributed by atoms with Crippen molar-refractivity contribution in [1.29, 1.82) is 0 Å². The number of carboxylic acids is 1. The monoisotopic (exact) mass is 581 g/mol. The van der Waals surface area contributed by atoms with Crippen LogP contribution in [0.1, 0.15) is 49.7 Å². The van der Waals surface area contributed by atoms with Crippen LogP contribution in [0, 0.1) is 5.92 Å². The lowest BCUT2D eigenvalue weighted by Crippen LogP contribution is -2.45. The predicted octanol–water partition coefficient (Wildman–Crippen LogP) is 4.15. The van der Waals surface area contributed by atoms with Gasteiger partial charge in [0.05, 0.1) is 32.8 Å². The quantitative estimate of drug-likeness (QED) is 0.316. The van der Waals surface area contributed by atoms with Gasteiger partial charge in [-0.25, -0.2) is 0 Å². The molecule has 2 heterocycles. The number of carbonyl (C=O) groups is 2. The molecule has 0 radical (unpaired) electrons. The summed E-state index contributed by atoms with van der Waals surface area (Å²) in [6, 6.07) is 13.1. The van der Waals surface area contributed by atoms with Crippen molar-refractivity contribution in [1.82, 2.24) is 14.7 Å². The van der Waals surface area contributed by atoms with E-state index in [2.05, 4.69) is 22.8 Å². The first-order chi connectivity index (χ1) is 20.3. The number of amides is 1. The zero-order chi connectivity index (χ0) is 30.1. The molecule has 0 aromatic heterocycles. The zero-order valence-corrected chi connectivity index (χ0v) is 25.6. The summed E-state index contributed by atoms with van der Waals surface area (Å²) in [6.07, 6.45) is 4.15. The van der Waals surface area contributed by atoms with Crippen molar-refractivity contribution < 1.29 is 28.9 Å². The number of fused-ring (bicyclic) bond motifs is 1. The highest BCUT2D eigenvalue weighted by molar-refractivity contribution is 5.79. The molecule has 1 saturated heterocycles. The van der Waals surface area contributed by atoms with Crippen LogP contribution in [0.5, 0.6) is 17.2 Å². The maximum atomic E-state index is 13.7. The van der Waals surface area contributed by atoms with E-state index in [-0.39, 0.29) is 24.4 Å². The van der Waals surface area contributed by atoms with Gasteiger partial charge in [0.2, 0.25) is 5.91 Å². The van der Waals surface area contributed by atoms with Crippen molar-refractivity contribution >= 4 is 11.9 Å². The summed E-state index contributed by atoms with van der Waals surface area (Å²) in [6.45, 7) is 6.11. The van der Waals surface area contributed by atoms with E-state index in [0.29, 0.717) is 44.2 Å². The van der Waals surface area contributed by atoms with Gasteiger partial charge in [-0.05, 0) is 69.2 Å². The maximum absolute atomic E-state index is 13.7. The van der Waals surface area contributed by atoms with Crippen molar-refractivity contribution in [2.24, 2.45) is 5.92 Å². The van der Waals surface area contributed by atoms with E-state index >= 15 is 0 Å². The second kappa shape index (κ2) is 15.3. The predicted molar refractivity (Wildman–Crippen MR) is 163 cm³/mol. The first-order valence-electron chi connectivity index (χ1n) is 15.2. The molecule has 4 rings (SSSR count). The summed E-state index contributed by atoms with van der Waals surface area (Å²) < 4.78 is 17.2. The van der Waals surface area contributed by atoms with Gasteiger partial charge in [0.15, 0.2) is 11.5 Å². The van der Waals surface area contributed by atoms with E-state index in [9.17, 15) is 14.7 Å². The molecular formula is C33H47N3O6. The normalized spacial score (nSPS) is 19.9. The molecule has 1 amide bonds. The van der Waals surface area contributed by atoms with Crippen LogP contribution in [-0.2, 0) is 16.0 Å². The van der Waals surface area contributed by atoms with E-state index in [0.717, 1.165) is 55.6 Å². The van der Waals surface area contributed by atoms with E-state index in [1.807, 2.05) is 55.4 Å². The van der Waals surface area contributed by atoms with Crippen molar-refractivity contribution in [2.75, 3.05) is 67.1 Å². The smallest absolute Gasteiger partial charge is 0.308 e. The Bertz CT molecular complexity index is 1190. The van der Waals surface area contributed by atoms with E-state index < -0.39 is 11.9 Å². The number of carbonyl (C=O) groups excluding carboxylic acids is 1. The van der Waals surface area contributed by atoms with E-state index in [4.69, 9.17) is 14.2 Å². The minimum atomic E-state index is -0.845. The number of hydrogen-bond donors (Lipinski definition) is 1. The number of hydrogen-bond acceptors (Lipinski definition) is 7. The number of likely N-dealkylation sites (tertiary alicyclic amines) is 1. The van der Waals surface area contributed by atoms with Crippen molar-refractivity contribution in [3.05, 3.63) is 53.6 Å². The number of aliphatic carboxylic acids is 1. The Balaban J connectivity index is 1.56. The number of nitrogens with zero attached hydrogens (tertiary/aromatic N) is 3. The topological polar surface area (TPSA) is 91.8 Å². The SMILES string of the molecule is CCCCN(CCCN(C)C)C(=O)CN1C[C@H](c2ccc3c(c2)CCO3)C(C(=O)O)[C@@H]1CCOc1ccccc1OC. The van der Waals surface area contributed by atoms with Crippen LogP contribution in [0.15, 0.2) is 42.5 Å². The Hall–Kier alpha value is -3.30. The fourth-order valence-electron chi connectivity index (χ4n) is 6.22. The molecule has 1 fully saturated rings. The lowest BCUT2D eigenvalue weighted by atomic mass is 9.83. The molecule has 9 nitrogen and oxygen atoms in total. The van der Waals surface area contributed by atoms with Gasteiger partial charge < -0.3 is 29.1 Å². The fourth-order valence-corrected chi connectivity index (χ4v) is 6.22. The third-order valence-electron chi connectivity index (χ3n) is 8.42. The summed E-state index contributed by atoms with van der Waals surface area (Å²) in [4.78, 5) is 32.8. The molecule has 2 aliphatic rings. The third-order valence-corrected chi connectivity index (χ3v) is 8.42. The van der Waals surface area contributed by atoms with Crippen LogP contribution in [0.2, 0.25) is 0 Å². The van der Waals surface area contributed by atoms with Gasteiger partial charge in [-0.1, -0.05) is 37.6 Å². The zero-order valence-electron chi connectivity index (χ0n) is 25.6. The summed E-state index contributed by atoms with van der Waals surface area (Å²) in [5.74, 6) is 0.435. The molecule has 9 heteroatoms. The largest absolute Gasteiger partial charge is 0.493 e. The summed E-state index contributed by atoms with van der Waals surface area (Å²) in [5.41, 5.74) is 2.11. The molecule has 0 aliphatic carbocycles. The van der Waals surface area contributed by atoms with Crippen LogP contribution in [-0.4, -0.2) is 105 Å². The molecule has 0 spiro atoms. The molecular weight excluding hydrogens is 534 g/mol. The number of rotatable bonds is 16. The molecule has 42 heavy (non-hydrogen) atoms. The molecule has 0 bridgehead atoms. The molecule has 2 aromatic rings. The summed E-state index contributed by atoms with van der Waals surface area (Å²) in [7, 11) is 5.68. The van der Waals surface area contributed by atoms with Gasteiger partial charge in [-0.2, -0.15) is 0 Å². The van der Waals surface area contributed by atoms with Gasteiger partial charge in [-0.15, -0.1) is 0 Å². The number of benzene rings is 2. The Kier molecular flexibility index (Phi) is 11.5. The summed E-state index contributed by atoms with van der Waals surface area (Å²) in [5, 5.41) is 10.5. The second-order valence-electron chi connectivity index (χ2n) is 11.6. The Morgan fingerprint density at radius 3 is 2.55 bits per heavy atom. The lowest BCUT2D eigenvalue weighted by Gasteiger charge is -2.30. The highest BCUT2D eigenvalue weighted by Gasteiger charge is 2.47. The molecule has 2 aromatic carbocycles. The number of para-hydroxylation sites is 2. The van der Waals surface area contributed by atoms with Crippen molar-refractivity contribution in [3.8, 4) is 17.2 Å². The van der Waals surface area contributed by atoms with Gasteiger partial charge in [-0.3, -0.25) is 14.5 Å². The number of unbranched alkanes of at least 4 members (excludes halogenated alkanes) is 1. The number of carboxylic acid groups (broad SMARTS) is 1. The van der Waals surface area contributed by atoms with Gasteiger partial charge >= 0.3 is 5.97 Å². The number of ether oxygens (including phenoxy) is 3. The van der Waals surface area contributed by atoms with Gasteiger partial charge in [0.1, 0.15) is 5.75 Å². The average molecular weight is 582 g/mol. The van der Waals surface area contributed by atoms with Gasteiger partial charge in [0.25, 0.3) is 0 Å². The van der Waals surface area contributed by atoms with E-state index in [1.54, 1.807) is 7.11 Å². The van der Waals surface area contributed by atoms with Crippen LogP contribution < -0.4 is 14.2 Å². The number of methoxy groups -OCH3 is 1. The average Bonchev–Trinajstić information content (AvgIpc) is 3.59. The molecule has 2 aliphatic heterocycles. The first-order valence-corrected chi connectivity index (χ1v) is 15.2. The molecule has 3 atom stereocenters. The Morgan fingerprint density at radius 2 is 1.83 bits per heavy atom. The van der Waals surface area contributed by atoms with Gasteiger partial charge in [0, 0.05) is 38.0 Å². The van der Waals surface area contributed by atoms with Crippen molar-refractivity contribution in [2.45, 2.75) is 51.0 Å². The van der Waals surface area contributed by atoms with Crippen LogP contribution in [0.25, 0.3) is 0 Å². The fraction of sp³-hybridized carbons (Fsp3) is 0.576. The van der Waals surface area contributed by atoms with Crippen molar-refractivity contribution in [3.63, 3.8) is 0 Å². The Labute approximate surface area is 250 Å². The van der Waals surface area contributed by atoms with Crippen LogP contribution in [0.3, 0.4) is 0 Å². The molecule has 1 N–H and O–H groups in total. The second-order valence-corrected chi connectivity index (χ2v) is 11.6. The highest BCUT2D eigenvalue weighted by atomic mass is 16.5. The molecule has 0 saturated carbocycles. The Morgan fingerprint density at radius 1 is 1.07 bits per heavy atom. The minimum absolute atomic E-state index is 0.0602. The first kappa shape index (κ1) is 31.6. The standard InChI is InChI=1S/C33H47N3O6/c1-5-6-17-35(18-9-16-34(2)3)31(37)23-36-22-26(24-12-13-28-25(21-24)14-19-41-28)32(33(38)39)27(36)15-20-42-30-11-8-7-10-29(30)40-4/h7-8,10-13,21,26-27,32H,5-6,9,14-20,22-23H2,1-4H3,(H,38,39)/t26-,27+,32?/m1/s1. The third kappa shape index (κ3) is 7.95. The van der Waals surface area contributed by atoms with Crippen LogP contribution >= 0.6 is 0 Å². The highest BCUT2D eigenvalue weighted by Crippen LogP contribution is 2.41. The maximum Gasteiger partial charge on any atom is 0.308 e. The molecule has 1 unspecified atom stereocenters. The summed E-state index contributed by atoms with van der Waals surface area (Å²) >= 11 is 0. The lowest BCUT2D eigenvalue weighted by molar-refractivity contribution is -0.144. The molecule has 230 valence electrons. The van der Waals surface area contributed by atoms with E-state index in [1.165, 1.54) is 0 Å².